The molecule has 0 saturated carbocycles. The summed E-state index contributed by atoms with van der Waals surface area (Å²) in [6.07, 6.45) is 2.55. The smallest absolute Gasteiger partial charge is 0.00724 e. The highest BCUT2D eigenvalue weighted by Crippen LogP contribution is 2.50. The molecule has 0 aliphatic rings. The summed E-state index contributed by atoms with van der Waals surface area (Å²) in [4.78, 5) is 0. The summed E-state index contributed by atoms with van der Waals surface area (Å²) in [5.74, 6) is 1.43. The third-order valence-corrected chi connectivity index (χ3v) is 8.75. The second-order valence-electron chi connectivity index (χ2n) is 5.14. The van der Waals surface area contributed by atoms with Crippen molar-refractivity contribution in [3.8, 4) is 0 Å². The highest BCUT2D eigenvalue weighted by Gasteiger charge is 2.09. The van der Waals surface area contributed by atoms with E-state index in [0.29, 0.717) is 0 Å². The minimum atomic E-state index is 0. The van der Waals surface area contributed by atoms with Gasteiger partial charge in [0.05, 0.1) is 0 Å². The standard InChI is InChI=1S/C17H22P2.2BrH/c1-18(13-16-9-5-3-6-10-16)15-19(2)14-17-11-7-4-8-12-17;;/h3-12H,13-15H2,1-2H3;2*1H. The minimum Gasteiger partial charge on any atom is -0.114 e. The van der Waals surface area contributed by atoms with E-state index in [-0.39, 0.29) is 49.8 Å². The lowest BCUT2D eigenvalue weighted by molar-refractivity contribution is 1.38. The largest absolute Gasteiger partial charge is 0.114 e. The summed E-state index contributed by atoms with van der Waals surface area (Å²) in [5, 5.41) is 0. The predicted octanol–water partition coefficient (Wildman–Crippen LogP) is 6.72. The Morgan fingerprint density at radius 3 is 1.29 bits per heavy atom. The van der Waals surface area contributed by atoms with Crippen LogP contribution in [0.4, 0.5) is 0 Å². The van der Waals surface area contributed by atoms with E-state index >= 15 is 0 Å². The van der Waals surface area contributed by atoms with Gasteiger partial charge in [-0.05, 0) is 42.7 Å². The van der Waals surface area contributed by atoms with Crippen LogP contribution in [0.5, 0.6) is 0 Å². The molecule has 0 bridgehead atoms. The van der Waals surface area contributed by atoms with Crippen molar-refractivity contribution in [2.45, 2.75) is 12.3 Å². The van der Waals surface area contributed by atoms with Crippen molar-refractivity contribution >= 4 is 49.8 Å². The van der Waals surface area contributed by atoms with Gasteiger partial charge in [-0.2, -0.15) is 0 Å². The third kappa shape index (κ3) is 8.46. The molecule has 0 N–H and O–H groups in total. The Labute approximate surface area is 152 Å². The van der Waals surface area contributed by atoms with Crippen LogP contribution in [0.2, 0.25) is 0 Å². The highest BCUT2D eigenvalue weighted by molar-refractivity contribution is 8.93. The molecule has 0 aliphatic carbocycles. The van der Waals surface area contributed by atoms with Crippen molar-refractivity contribution in [1.82, 2.24) is 0 Å². The first-order chi connectivity index (χ1) is 9.24. The molecule has 0 heterocycles. The molecule has 2 aromatic carbocycles. The van der Waals surface area contributed by atoms with Gasteiger partial charge >= 0.3 is 0 Å². The molecule has 116 valence electrons. The molecule has 2 atom stereocenters. The van der Waals surface area contributed by atoms with Crippen LogP contribution in [-0.2, 0) is 12.3 Å². The summed E-state index contributed by atoms with van der Waals surface area (Å²) in [6, 6.07) is 21.8. The summed E-state index contributed by atoms with van der Waals surface area (Å²) < 4.78 is 0. The maximum atomic E-state index is 2.45. The Kier molecular flexibility index (Phi) is 11.9. The molecule has 0 fully saturated rings. The summed E-state index contributed by atoms with van der Waals surface area (Å²) in [5.41, 5.74) is 3.00. The van der Waals surface area contributed by atoms with Crippen molar-refractivity contribution < 1.29 is 0 Å². The Morgan fingerprint density at radius 1 is 0.619 bits per heavy atom. The van der Waals surface area contributed by atoms with Crippen LogP contribution >= 0.6 is 49.8 Å². The van der Waals surface area contributed by atoms with E-state index in [0.717, 1.165) is 0 Å². The molecule has 2 rings (SSSR count). The number of hydrogen-bond acceptors (Lipinski definition) is 0. The zero-order valence-electron chi connectivity index (χ0n) is 12.6. The number of rotatable bonds is 6. The van der Waals surface area contributed by atoms with Gasteiger partial charge in [-0.3, -0.25) is 0 Å². The fourth-order valence-electron chi connectivity index (χ4n) is 2.30. The number of benzene rings is 2. The second-order valence-corrected chi connectivity index (χ2v) is 10.3. The predicted molar refractivity (Wildman–Crippen MR) is 111 cm³/mol. The lowest BCUT2D eigenvalue weighted by Crippen LogP contribution is -1.90. The molecule has 0 saturated heterocycles. The molecule has 0 radical (unpaired) electrons. The minimum absolute atomic E-state index is 0. The van der Waals surface area contributed by atoms with Crippen LogP contribution in [0.15, 0.2) is 60.7 Å². The van der Waals surface area contributed by atoms with Crippen molar-refractivity contribution in [3.63, 3.8) is 0 Å². The van der Waals surface area contributed by atoms with Crippen LogP contribution < -0.4 is 0 Å². The van der Waals surface area contributed by atoms with Gasteiger partial charge in [0.25, 0.3) is 0 Å². The van der Waals surface area contributed by atoms with Gasteiger partial charge in [0.2, 0.25) is 0 Å². The van der Waals surface area contributed by atoms with Gasteiger partial charge in [0, 0.05) is 0 Å². The monoisotopic (exact) mass is 448 g/mol. The van der Waals surface area contributed by atoms with Crippen molar-refractivity contribution in [2.24, 2.45) is 0 Å². The third-order valence-electron chi connectivity index (χ3n) is 3.07. The van der Waals surface area contributed by atoms with Gasteiger partial charge in [-0.25, -0.2) is 0 Å². The van der Waals surface area contributed by atoms with Crippen molar-refractivity contribution in [1.29, 1.82) is 0 Å². The molecule has 0 spiro atoms. The molecule has 0 aromatic heterocycles. The van der Waals surface area contributed by atoms with Gasteiger partial charge in [0.1, 0.15) is 0 Å². The Bertz CT molecular complexity index is 431. The number of halogens is 2. The SMILES string of the molecule is Br.Br.CP(Cc1ccccc1)CP(C)Cc1ccccc1. The van der Waals surface area contributed by atoms with E-state index in [1.54, 1.807) is 0 Å². The van der Waals surface area contributed by atoms with Crippen LogP contribution in [0.1, 0.15) is 11.1 Å². The van der Waals surface area contributed by atoms with Crippen molar-refractivity contribution in [2.75, 3.05) is 19.2 Å². The maximum Gasteiger partial charge on any atom is -0.00724 e. The Balaban J connectivity index is 0.00000200. The summed E-state index contributed by atoms with van der Waals surface area (Å²) in [6.45, 7) is 4.90. The first-order valence-corrected chi connectivity index (χ1v) is 11.0. The molecule has 2 aromatic rings. The fourth-order valence-corrected chi connectivity index (χ4v) is 8.07. The lowest BCUT2D eigenvalue weighted by atomic mass is 10.2. The topological polar surface area (TPSA) is 0 Å². The Morgan fingerprint density at radius 2 is 0.952 bits per heavy atom. The molecule has 0 aliphatic heterocycles. The molecular formula is C17H24Br2P2. The van der Waals surface area contributed by atoms with E-state index in [9.17, 15) is 0 Å². The summed E-state index contributed by atoms with van der Waals surface area (Å²) >= 11 is 0. The molecule has 4 heteroatoms. The molecule has 21 heavy (non-hydrogen) atoms. The Hall–Kier alpha value is 0.260. The average molecular weight is 450 g/mol. The molecule has 0 amide bonds. The van der Waals surface area contributed by atoms with Gasteiger partial charge < -0.3 is 0 Å². The molecular weight excluding hydrogens is 426 g/mol. The van der Waals surface area contributed by atoms with Gasteiger partial charge in [-0.1, -0.05) is 60.7 Å². The van der Waals surface area contributed by atoms with E-state index in [2.05, 4.69) is 74.0 Å². The maximum absolute atomic E-state index is 2.45. The zero-order chi connectivity index (χ0) is 13.5. The quantitative estimate of drug-likeness (QED) is 0.429. The van der Waals surface area contributed by atoms with Gasteiger partial charge in [0.15, 0.2) is 0 Å². The first-order valence-electron chi connectivity index (χ1n) is 6.69. The lowest BCUT2D eigenvalue weighted by Gasteiger charge is -2.18. The molecule has 2 unspecified atom stereocenters. The van der Waals surface area contributed by atoms with Crippen molar-refractivity contribution in [3.05, 3.63) is 71.8 Å². The van der Waals surface area contributed by atoms with E-state index < -0.39 is 0 Å². The van der Waals surface area contributed by atoms with Crippen LogP contribution in [-0.4, -0.2) is 19.2 Å². The van der Waals surface area contributed by atoms with E-state index in [1.165, 1.54) is 29.4 Å². The first kappa shape index (κ1) is 21.3. The van der Waals surface area contributed by atoms with Crippen LogP contribution in [0.3, 0.4) is 0 Å². The molecule has 0 nitrogen and oxygen atoms in total. The average Bonchev–Trinajstić information content (AvgIpc) is 2.40. The normalized spacial score (nSPS) is 12.7. The number of hydrogen-bond donors (Lipinski definition) is 0. The summed E-state index contributed by atoms with van der Waals surface area (Å²) in [7, 11) is 0.273. The zero-order valence-corrected chi connectivity index (χ0v) is 17.8. The second kappa shape index (κ2) is 11.8. The van der Waals surface area contributed by atoms with Crippen LogP contribution in [0, 0.1) is 0 Å². The van der Waals surface area contributed by atoms with Crippen LogP contribution in [0.25, 0.3) is 0 Å². The van der Waals surface area contributed by atoms with Gasteiger partial charge in [-0.15, -0.1) is 49.8 Å². The van der Waals surface area contributed by atoms with E-state index in [1.807, 2.05) is 0 Å². The fraction of sp³-hybridized carbons (Fsp3) is 0.294. The highest BCUT2D eigenvalue weighted by atomic mass is 79.9. The van der Waals surface area contributed by atoms with E-state index in [4.69, 9.17) is 0 Å².